The smallest absolute Gasteiger partial charge is 0.321 e. The van der Waals surface area contributed by atoms with Crippen LogP contribution in [0.15, 0.2) is 47.2 Å². The quantitative estimate of drug-likeness (QED) is 0.593. The molecule has 0 aromatic carbocycles. The van der Waals surface area contributed by atoms with Crippen molar-refractivity contribution in [1.82, 2.24) is 15.5 Å². The summed E-state index contributed by atoms with van der Waals surface area (Å²) in [6.45, 7) is 6.56. The molecular formula is C19H27ClN4O2. The molecule has 0 atom stereocenters. The van der Waals surface area contributed by atoms with E-state index < -0.39 is 6.03 Å². The first kappa shape index (κ1) is 20.3. The van der Waals surface area contributed by atoms with E-state index in [2.05, 4.69) is 17.2 Å². The molecule has 0 aromatic rings. The zero-order chi connectivity index (χ0) is 18.9. The van der Waals surface area contributed by atoms with Gasteiger partial charge in [-0.05, 0) is 55.5 Å². The van der Waals surface area contributed by atoms with Gasteiger partial charge in [-0.25, -0.2) is 4.79 Å². The summed E-state index contributed by atoms with van der Waals surface area (Å²) in [4.78, 5) is 25.5. The van der Waals surface area contributed by atoms with Gasteiger partial charge in [0.25, 0.3) is 0 Å². The predicted octanol–water partition coefficient (Wildman–Crippen LogP) is 2.40. The molecule has 26 heavy (non-hydrogen) atoms. The number of amides is 3. The fraction of sp³-hybridized carbons (Fsp3) is 0.474. The van der Waals surface area contributed by atoms with E-state index >= 15 is 0 Å². The lowest BCUT2D eigenvalue weighted by Crippen LogP contribution is -2.45. The van der Waals surface area contributed by atoms with Crippen LogP contribution in [0, 0.1) is 5.92 Å². The molecule has 0 saturated carbocycles. The van der Waals surface area contributed by atoms with E-state index in [1.54, 1.807) is 6.08 Å². The van der Waals surface area contributed by atoms with Crippen LogP contribution in [0.3, 0.4) is 0 Å². The van der Waals surface area contributed by atoms with Crippen LogP contribution in [-0.2, 0) is 4.79 Å². The number of primary amides is 1. The lowest BCUT2D eigenvalue weighted by Gasteiger charge is -2.28. The van der Waals surface area contributed by atoms with Crippen molar-refractivity contribution in [3.8, 4) is 0 Å². The number of imide groups is 1. The highest BCUT2D eigenvalue weighted by molar-refractivity contribution is 6.30. The molecule has 142 valence electrons. The average molecular weight is 379 g/mol. The van der Waals surface area contributed by atoms with Gasteiger partial charge < -0.3 is 16.4 Å². The van der Waals surface area contributed by atoms with Crippen molar-refractivity contribution in [2.75, 3.05) is 26.2 Å². The Bertz CT molecular complexity index is 633. The van der Waals surface area contributed by atoms with Gasteiger partial charge in [0.2, 0.25) is 5.91 Å². The second-order valence-corrected chi connectivity index (χ2v) is 7.07. The predicted molar refractivity (Wildman–Crippen MR) is 104 cm³/mol. The summed E-state index contributed by atoms with van der Waals surface area (Å²) in [6, 6.07) is -0.661. The van der Waals surface area contributed by atoms with Gasteiger partial charge in [-0.3, -0.25) is 9.69 Å². The van der Waals surface area contributed by atoms with Crippen molar-refractivity contribution in [2.45, 2.75) is 25.7 Å². The van der Waals surface area contributed by atoms with Gasteiger partial charge in [0.15, 0.2) is 0 Å². The molecule has 6 nitrogen and oxygen atoms in total. The highest BCUT2D eigenvalue weighted by Crippen LogP contribution is 2.21. The van der Waals surface area contributed by atoms with Crippen molar-refractivity contribution in [3.05, 3.63) is 47.2 Å². The minimum atomic E-state index is -0.661. The number of halogens is 1. The molecule has 2 heterocycles. The summed E-state index contributed by atoms with van der Waals surface area (Å²) >= 11 is 5.71. The first-order valence-corrected chi connectivity index (χ1v) is 9.30. The number of hydrogen-bond donors (Lipinski definition) is 3. The molecule has 0 aliphatic carbocycles. The Kier molecular flexibility index (Phi) is 7.94. The van der Waals surface area contributed by atoms with Crippen LogP contribution in [0.25, 0.3) is 0 Å². The molecule has 0 spiro atoms. The maximum atomic E-state index is 12.5. The maximum absolute atomic E-state index is 12.5. The molecule has 0 radical (unpaired) electrons. The SMILES string of the molecule is C=C(Cl)/C=C\C=C1/CNC=C1CCC(=O)N(CC1CCNCC1)C(N)=O. The lowest BCUT2D eigenvalue weighted by molar-refractivity contribution is -0.128. The fourth-order valence-electron chi connectivity index (χ4n) is 3.17. The van der Waals surface area contributed by atoms with Crippen molar-refractivity contribution in [1.29, 1.82) is 0 Å². The summed E-state index contributed by atoms with van der Waals surface area (Å²) in [6.07, 6.45) is 10.1. The van der Waals surface area contributed by atoms with E-state index in [0.717, 1.165) is 37.1 Å². The van der Waals surface area contributed by atoms with E-state index in [4.69, 9.17) is 17.3 Å². The molecule has 0 unspecified atom stereocenters. The number of rotatable bonds is 7. The maximum Gasteiger partial charge on any atom is 0.321 e. The third-order valence-corrected chi connectivity index (χ3v) is 4.76. The van der Waals surface area contributed by atoms with Gasteiger partial charge in [-0.2, -0.15) is 0 Å². The number of nitrogens with one attached hydrogen (secondary N) is 2. The van der Waals surface area contributed by atoms with Crippen molar-refractivity contribution in [2.24, 2.45) is 11.7 Å². The van der Waals surface area contributed by atoms with E-state index in [1.807, 2.05) is 18.4 Å². The van der Waals surface area contributed by atoms with Gasteiger partial charge in [0.05, 0.1) is 0 Å². The third kappa shape index (κ3) is 6.35. The van der Waals surface area contributed by atoms with Crippen molar-refractivity contribution in [3.63, 3.8) is 0 Å². The number of hydrogen-bond acceptors (Lipinski definition) is 4. The van der Waals surface area contributed by atoms with Crippen molar-refractivity contribution < 1.29 is 9.59 Å². The van der Waals surface area contributed by atoms with Gasteiger partial charge >= 0.3 is 6.03 Å². The van der Waals surface area contributed by atoms with Crippen LogP contribution in [-0.4, -0.2) is 43.0 Å². The Hall–Kier alpha value is -2.05. The van der Waals surface area contributed by atoms with Crippen LogP contribution in [0.5, 0.6) is 0 Å². The summed E-state index contributed by atoms with van der Waals surface area (Å²) in [5.41, 5.74) is 7.59. The number of nitrogens with zero attached hydrogens (tertiary/aromatic N) is 1. The Balaban J connectivity index is 1.90. The third-order valence-electron chi connectivity index (χ3n) is 4.63. The highest BCUT2D eigenvalue weighted by atomic mass is 35.5. The van der Waals surface area contributed by atoms with Gasteiger partial charge in [-0.15, -0.1) is 0 Å². The van der Waals surface area contributed by atoms with E-state index in [0.29, 0.717) is 30.5 Å². The van der Waals surface area contributed by atoms with E-state index in [1.165, 1.54) is 4.90 Å². The van der Waals surface area contributed by atoms with Crippen molar-refractivity contribution >= 4 is 23.5 Å². The average Bonchev–Trinajstić information content (AvgIpc) is 3.05. The Morgan fingerprint density at radius 1 is 1.38 bits per heavy atom. The number of carbonyl (C=O) groups excluding carboxylic acids is 2. The first-order valence-electron chi connectivity index (χ1n) is 8.92. The number of urea groups is 1. The summed E-state index contributed by atoms with van der Waals surface area (Å²) in [5, 5.41) is 6.90. The van der Waals surface area contributed by atoms with Crippen LogP contribution in [0.2, 0.25) is 0 Å². The fourth-order valence-corrected chi connectivity index (χ4v) is 3.24. The topological polar surface area (TPSA) is 87.5 Å². The molecule has 0 aromatic heterocycles. The van der Waals surface area contributed by atoms with E-state index in [9.17, 15) is 9.59 Å². The Labute approximate surface area is 159 Å². The molecule has 2 aliphatic rings. The van der Waals surface area contributed by atoms with Crippen LogP contribution >= 0.6 is 11.6 Å². The van der Waals surface area contributed by atoms with Crippen LogP contribution in [0.1, 0.15) is 25.7 Å². The highest BCUT2D eigenvalue weighted by Gasteiger charge is 2.24. The summed E-state index contributed by atoms with van der Waals surface area (Å²) in [5.74, 6) is 0.108. The second-order valence-electron chi connectivity index (χ2n) is 6.58. The monoisotopic (exact) mass is 378 g/mol. The molecule has 1 saturated heterocycles. The molecule has 2 aliphatic heterocycles. The van der Waals surface area contributed by atoms with Gasteiger partial charge in [-0.1, -0.05) is 30.3 Å². The number of carbonyl (C=O) groups is 2. The summed E-state index contributed by atoms with van der Waals surface area (Å²) < 4.78 is 0. The number of allylic oxidation sites excluding steroid dienone is 4. The minimum absolute atomic E-state index is 0.215. The lowest BCUT2D eigenvalue weighted by atomic mass is 9.97. The molecule has 0 bridgehead atoms. The zero-order valence-electron chi connectivity index (χ0n) is 15.0. The van der Waals surface area contributed by atoms with Gasteiger partial charge in [0.1, 0.15) is 0 Å². The first-order chi connectivity index (χ1) is 12.5. The second kappa shape index (κ2) is 10.2. The molecule has 2 rings (SSSR count). The molecule has 3 amide bonds. The standard InChI is InChI=1S/C19H27ClN4O2/c1-14(20)3-2-4-16-11-23-12-17(16)5-6-18(25)24(19(21)26)13-15-7-9-22-10-8-15/h2-4,12,15,22-23H,1,5-11,13H2,(H2,21,26)/b3-2-,16-4+. The van der Waals surface area contributed by atoms with E-state index in [-0.39, 0.29) is 12.3 Å². The molecular weight excluding hydrogens is 352 g/mol. The largest absolute Gasteiger partial charge is 0.387 e. The van der Waals surface area contributed by atoms with Crippen LogP contribution < -0.4 is 16.4 Å². The number of piperidine rings is 1. The molecule has 7 heteroatoms. The minimum Gasteiger partial charge on any atom is -0.387 e. The Morgan fingerprint density at radius 2 is 2.12 bits per heavy atom. The van der Waals surface area contributed by atoms with Gasteiger partial charge in [0, 0.05) is 30.7 Å². The van der Waals surface area contributed by atoms with Crippen LogP contribution in [0.4, 0.5) is 4.79 Å². The molecule has 1 fully saturated rings. The summed E-state index contributed by atoms with van der Waals surface area (Å²) in [7, 11) is 0. The molecule has 4 N–H and O–H groups in total. The number of nitrogens with two attached hydrogens (primary N) is 1. The Morgan fingerprint density at radius 3 is 2.77 bits per heavy atom. The zero-order valence-corrected chi connectivity index (χ0v) is 15.7. The normalized spacial score (nSPS) is 19.4.